The van der Waals surface area contributed by atoms with Gasteiger partial charge >= 0.3 is 17.9 Å². The van der Waals surface area contributed by atoms with Gasteiger partial charge in [0.2, 0.25) is 0 Å². The van der Waals surface area contributed by atoms with Crippen molar-refractivity contribution in [3.05, 3.63) is 68.6 Å². The van der Waals surface area contributed by atoms with Gasteiger partial charge in [0.15, 0.2) is 5.92 Å². The molecule has 0 aliphatic rings. The van der Waals surface area contributed by atoms with Gasteiger partial charge in [0, 0.05) is 15.4 Å². The van der Waals surface area contributed by atoms with Crippen molar-refractivity contribution < 1.29 is 29.0 Å². The Morgan fingerprint density at radius 1 is 0.839 bits per heavy atom. The Morgan fingerprint density at radius 2 is 1.29 bits per heavy atom. The van der Waals surface area contributed by atoms with Crippen molar-refractivity contribution in [1.82, 2.24) is 0 Å². The molecule has 0 bridgehead atoms. The zero-order chi connectivity index (χ0) is 23.2. The van der Waals surface area contributed by atoms with E-state index in [-0.39, 0.29) is 26.1 Å². The molecule has 0 saturated carbocycles. The molecule has 0 aliphatic carbocycles. The third kappa shape index (κ3) is 10.1. The molecule has 2 aromatic rings. The standard InChI is InChI=1S/C14H17BrO4.C9H9BrO2/c1-3-18-13(16)11(14(17)19-4-2)9-10-7-5-6-8-12(10)15;10-8-4-2-1-3-7(8)5-6-9(11)12/h5-8,11H,3-4,9H2,1-2H3;1-4H,5-6H2,(H,11,12). The van der Waals surface area contributed by atoms with E-state index in [0.717, 1.165) is 20.1 Å². The fraction of sp³-hybridized carbons (Fsp3) is 0.348. The lowest BCUT2D eigenvalue weighted by molar-refractivity contribution is -0.161. The smallest absolute Gasteiger partial charge is 0.320 e. The molecule has 0 atom stereocenters. The Balaban J connectivity index is 0.000000343. The SMILES string of the molecule is CCOC(=O)C(Cc1ccccc1Br)C(=O)OCC.O=C(O)CCc1ccccc1Br. The average Bonchev–Trinajstić information content (AvgIpc) is 2.73. The van der Waals surface area contributed by atoms with Crippen LogP contribution in [0.15, 0.2) is 57.5 Å². The second-order valence-electron chi connectivity index (χ2n) is 6.34. The predicted octanol–water partition coefficient (Wildman–Crippen LogP) is 5.20. The number of carboxylic acid groups (broad SMARTS) is 1. The number of benzene rings is 2. The zero-order valence-electron chi connectivity index (χ0n) is 17.5. The Bertz CT molecular complexity index is 851. The van der Waals surface area contributed by atoms with Crippen LogP contribution in [0.4, 0.5) is 0 Å². The lowest BCUT2D eigenvalue weighted by Gasteiger charge is -2.15. The van der Waals surface area contributed by atoms with Crippen LogP contribution in [0.5, 0.6) is 0 Å². The van der Waals surface area contributed by atoms with Gasteiger partial charge in [-0.3, -0.25) is 14.4 Å². The van der Waals surface area contributed by atoms with Crippen LogP contribution in [0.1, 0.15) is 31.4 Å². The maximum absolute atomic E-state index is 11.8. The van der Waals surface area contributed by atoms with E-state index in [1.807, 2.05) is 48.5 Å². The van der Waals surface area contributed by atoms with Crippen LogP contribution in [0.3, 0.4) is 0 Å². The van der Waals surface area contributed by atoms with Gasteiger partial charge in [-0.25, -0.2) is 0 Å². The molecule has 0 heterocycles. The maximum atomic E-state index is 11.8. The highest BCUT2D eigenvalue weighted by Gasteiger charge is 2.30. The van der Waals surface area contributed by atoms with Gasteiger partial charge in [0.05, 0.1) is 13.2 Å². The number of carboxylic acids is 1. The van der Waals surface area contributed by atoms with E-state index in [2.05, 4.69) is 31.9 Å². The number of hydrogen-bond donors (Lipinski definition) is 1. The number of carbonyl (C=O) groups excluding carboxylic acids is 2. The first-order valence-corrected chi connectivity index (χ1v) is 11.4. The Kier molecular flexibility index (Phi) is 12.8. The van der Waals surface area contributed by atoms with Crippen molar-refractivity contribution in [1.29, 1.82) is 0 Å². The predicted molar refractivity (Wildman–Crippen MR) is 125 cm³/mol. The summed E-state index contributed by atoms with van der Waals surface area (Å²) in [5.74, 6) is -2.77. The molecule has 0 saturated heterocycles. The van der Waals surface area contributed by atoms with Gasteiger partial charge in [0.1, 0.15) is 0 Å². The van der Waals surface area contributed by atoms with Crippen molar-refractivity contribution in [2.24, 2.45) is 5.92 Å². The summed E-state index contributed by atoms with van der Waals surface area (Å²) in [4.78, 5) is 33.9. The summed E-state index contributed by atoms with van der Waals surface area (Å²) in [6, 6.07) is 15.1. The Morgan fingerprint density at radius 3 is 1.71 bits per heavy atom. The van der Waals surface area contributed by atoms with E-state index >= 15 is 0 Å². The summed E-state index contributed by atoms with van der Waals surface area (Å²) >= 11 is 6.75. The molecule has 0 aliphatic heterocycles. The third-order valence-corrected chi connectivity index (χ3v) is 5.64. The van der Waals surface area contributed by atoms with Gasteiger partial charge < -0.3 is 14.6 Å². The highest BCUT2D eigenvalue weighted by Crippen LogP contribution is 2.21. The second kappa shape index (κ2) is 14.8. The van der Waals surface area contributed by atoms with E-state index in [9.17, 15) is 14.4 Å². The Labute approximate surface area is 199 Å². The molecule has 0 unspecified atom stereocenters. The van der Waals surface area contributed by atoms with Crippen LogP contribution in [0, 0.1) is 5.92 Å². The summed E-state index contributed by atoms with van der Waals surface area (Å²) in [5.41, 5.74) is 1.91. The molecule has 2 aromatic carbocycles. The number of carbonyl (C=O) groups is 3. The molecule has 0 amide bonds. The van der Waals surface area contributed by atoms with E-state index in [1.54, 1.807) is 13.8 Å². The number of ether oxygens (including phenoxy) is 2. The van der Waals surface area contributed by atoms with Gasteiger partial charge in [-0.1, -0.05) is 68.3 Å². The fourth-order valence-corrected chi connectivity index (χ4v) is 3.50. The van der Waals surface area contributed by atoms with Gasteiger partial charge in [-0.2, -0.15) is 0 Å². The van der Waals surface area contributed by atoms with Crippen LogP contribution in [0.25, 0.3) is 0 Å². The molecule has 31 heavy (non-hydrogen) atoms. The van der Waals surface area contributed by atoms with Gasteiger partial charge in [-0.05, 0) is 49.9 Å². The highest BCUT2D eigenvalue weighted by molar-refractivity contribution is 9.10. The number of aliphatic carboxylic acids is 1. The summed E-state index contributed by atoms with van der Waals surface area (Å²) in [6.45, 7) is 3.90. The first-order valence-electron chi connectivity index (χ1n) is 9.81. The largest absolute Gasteiger partial charge is 0.481 e. The summed E-state index contributed by atoms with van der Waals surface area (Å²) < 4.78 is 11.7. The summed E-state index contributed by atoms with van der Waals surface area (Å²) in [6.07, 6.45) is 1.03. The van der Waals surface area contributed by atoms with Crippen LogP contribution >= 0.6 is 31.9 Å². The topological polar surface area (TPSA) is 89.9 Å². The first-order chi connectivity index (χ1) is 14.8. The minimum absolute atomic E-state index is 0.183. The normalized spacial score (nSPS) is 10.1. The number of esters is 2. The average molecular weight is 558 g/mol. The van der Waals surface area contributed by atoms with Crippen molar-refractivity contribution in [3.8, 4) is 0 Å². The maximum Gasteiger partial charge on any atom is 0.320 e. The molecule has 6 nitrogen and oxygen atoms in total. The monoisotopic (exact) mass is 556 g/mol. The molecule has 8 heteroatoms. The third-order valence-electron chi connectivity index (χ3n) is 4.09. The lowest BCUT2D eigenvalue weighted by atomic mass is 9.99. The first kappa shape index (κ1) is 26.8. The molecule has 0 fully saturated rings. The van der Waals surface area contributed by atoms with Crippen molar-refractivity contribution in [2.45, 2.75) is 33.1 Å². The van der Waals surface area contributed by atoms with Crippen molar-refractivity contribution in [2.75, 3.05) is 13.2 Å². The van der Waals surface area contributed by atoms with E-state index in [4.69, 9.17) is 14.6 Å². The summed E-state index contributed by atoms with van der Waals surface area (Å²) in [5, 5.41) is 8.45. The fourth-order valence-electron chi connectivity index (χ4n) is 2.58. The molecule has 2 rings (SSSR count). The molecule has 0 aromatic heterocycles. The van der Waals surface area contributed by atoms with Crippen LogP contribution in [0.2, 0.25) is 0 Å². The van der Waals surface area contributed by atoms with E-state index in [1.165, 1.54) is 0 Å². The second-order valence-corrected chi connectivity index (χ2v) is 8.05. The zero-order valence-corrected chi connectivity index (χ0v) is 20.6. The quantitative estimate of drug-likeness (QED) is 0.336. The molecular formula is C23H26Br2O6. The van der Waals surface area contributed by atoms with Gasteiger partial charge in [0.25, 0.3) is 0 Å². The molecule has 0 radical (unpaired) electrons. The van der Waals surface area contributed by atoms with Crippen molar-refractivity contribution >= 4 is 49.8 Å². The number of rotatable bonds is 9. The minimum atomic E-state index is -0.918. The lowest BCUT2D eigenvalue weighted by Crippen LogP contribution is -2.30. The number of halogens is 2. The number of aryl methyl sites for hydroxylation is 1. The van der Waals surface area contributed by atoms with Crippen molar-refractivity contribution in [3.63, 3.8) is 0 Å². The van der Waals surface area contributed by atoms with E-state index in [0.29, 0.717) is 6.42 Å². The van der Waals surface area contributed by atoms with E-state index < -0.39 is 23.8 Å². The highest BCUT2D eigenvalue weighted by atomic mass is 79.9. The minimum Gasteiger partial charge on any atom is -0.481 e. The molecule has 0 spiro atoms. The molecule has 1 N–H and O–H groups in total. The van der Waals surface area contributed by atoms with Gasteiger partial charge in [-0.15, -0.1) is 0 Å². The van der Waals surface area contributed by atoms with Crippen LogP contribution < -0.4 is 0 Å². The van der Waals surface area contributed by atoms with Crippen LogP contribution in [-0.2, 0) is 36.7 Å². The number of hydrogen-bond acceptors (Lipinski definition) is 5. The molecular weight excluding hydrogens is 532 g/mol. The Hall–Kier alpha value is -2.19. The molecule has 168 valence electrons. The van der Waals surface area contributed by atoms with Crippen LogP contribution in [-0.4, -0.2) is 36.2 Å². The summed E-state index contributed by atoms with van der Waals surface area (Å²) in [7, 11) is 0.